The van der Waals surface area contributed by atoms with Crippen LogP contribution in [-0.2, 0) is 11.3 Å². The number of nitro benzene ring substituents is 1. The molecule has 0 aliphatic carbocycles. The van der Waals surface area contributed by atoms with Crippen LogP contribution in [0.3, 0.4) is 0 Å². The summed E-state index contributed by atoms with van der Waals surface area (Å²) in [4.78, 5) is 25.4. The van der Waals surface area contributed by atoms with Crippen molar-refractivity contribution in [1.82, 2.24) is 4.57 Å². The smallest absolute Gasteiger partial charge is 0.270 e. The van der Waals surface area contributed by atoms with Gasteiger partial charge >= 0.3 is 0 Å². The summed E-state index contributed by atoms with van der Waals surface area (Å²) in [5.41, 5.74) is 2.71. The lowest BCUT2D eigenvalue weighted by atomic mass is 10.1. The van der Waals surface area contributed by atoms with E-state index in [4.69, 9.17) is 12.2 Å². The fourth-order valence-electron chi connectivity index (χ4n) is 3.89. The molecule has 0 N–H and O–H groups in total. The molecule has 34 heavy (non-hydrogen) atoms. The third-order valence-electron chi connectivity index (χ3n) is 5.52. The molecule has 1 saturated heterocycles. The SMILES string of the molecule is O=C1C(=Cc2cn(Cc3ccccc3F)c3ccccc23)SC(=S)N1c1ccc([N+](=O)[O-])cc1. The quantitative estimate of drug-likeness (QED) is 0.146. The number of thioether (sulfide) groups is 1. The van der Waals surface area contributed by atoms with Crippen LogP contribution in [0.15, 0.2) is 83.9 Å². The van der Waals surface area contributed by atoms with Gasteiger partial charge in [0.05, 0.1) is 22.1 Å². The maximum Gasteiger partial charge on any atom is 0.270 e. The molecule has 0 saturated carbocycles. The molecule has 4 aromatic rings. The van der Waals surface area contributed by atoms with Crippen LogP contribution in [0.25, 0.3) is 17.0 Å². The maximum atomic E-state index is 14.2. The number of rotatable bonds is 5. The number of carbonyl (C=O) groups excluding carboxylic acids is 1. The van der Waals surface area contributed by atoms with Crippen LogP contribution in [0.5, 0.6) is 0 Å². The molecule has 1 aliphatic rings. The molecule has 1 aliphatic heterocycles. The Morgan fingerprint density at radius 2 is 1.74 bits per heavy atom. The number of carbonyl (C=O) groups is 1. The number of anilines is 1. The number of aromatic nitrogens is 1. The standard InChI is InChI=1S/C25H16FN3O3S2/c26-21-7-3-1-5-16(21)14-27-15-17(20-6-2-4-8-22(20)27)13-23-24(30)28(25(33)34-23)18-9-11-19(12-10-18)29(31)32/h1-13,15H,14H2. The van der Waals surface area contributed by atoms with Crippen molar-refractivity contribution in [3.8, 4) is 0 Å². The highest BCUT2D eigenvalue weighted by atomic mass is 32.2. The van der Waals surface area contributed by atoms with Crippen LogP contribution in [0.2, 0.25) is 0 Å². The van der Waals surface area contributed by atoms with Crippen molar-refractivity contribution in [3.05, 3.63) is 111 Å². The third-order valence-corrected chi connectivity index (χ3v) is 6.82. The Bertz CT molecular complexity index is 1500. The normalized spacial score (nSPS) is 15.0. The summed E-state index contributed by atoms with van der Waals surface area (Å²) in [5.74, 6) is -0.569. The zero-order chi connectivity index (χ0) is 23.8. The van der Waals surface area contributed by atoms with Gasteiger partial charge in [0.2, 0.25) is 0 Å². The minimum absolute atomic E-state index is 0.0626. The van der Waals surface area contributed by atoms with E-state index in [0.717, 1.165) is 16.5 Å². The van der Waals surface area contributed by atoms with Crippen molar-refractivity contribution in [1.29, 1.82) is 0 Å². The zero-order valence-electron chi connectivity index (χ0n) is 17.6. The van der Waals surface area contributed by atoms with Crippen LogP contribution in [0.4, 0.5) is 15.8 Å². The predicted octanol–water partition coefficient (Wildman–Crippen LogP) is 6.14. The summed E-state index contributed by atoms with van der Waals surface area (Å²) in [5, 5.41) is 11.9. The fraction of sp³-hybridized carbons (Fsp3) is 0.0400. The molecular weight excluding hydrogens is 473 g/mol. The second-order valence-corrected chi connectivity index (χ2v) is 9.29. The molecule has 2 heterocycles. The molecule has 1 amide bonds. The van der Waals surface area contributed by atoms with E-state index in [-0.39, 0.29) is 17.4 Å². The first kappa shape index (κ1) is 22.0. The first-order valence-corrected chi connectivity index (χ1v) is 11.5. The van der Waals surface area contributed by atoms with Crippen LogP contribution in [-0.4, -0.2) is 19.7 Å². The molecular formula is C25H16FN3O3S2. The number of nitro groups is 1. The van der Waals surface area contributed by atoms with Crippen molar-refractivity contribution >= 4 is 62.6 Å². The molecule has 9 heteroatoms. The van der Waals surface area contributed by atoms with E-state index in [1.807, 2.05) is 35.0 Å². The Labute approximate surface area is 203 Å². The van der Waals surface area contributed by atoms with Crippen molar-refractivity contribution in [2.24, 2.45) is 0 Å². The minimum atomic E-state index is -0.495. The van der Waals surface area contributed by atoms with E-state index in [9.17, 15) is 19.3 Å². The van der Waals surface area contributed by atoms with E-state index in [2.05, 4.69) is 0 Å². The summed E-state index contributed by atoms with van der Waals surface area (Å²) >= 11 is 6.60. The van der Waals surface area contributed by atoms with Crippen molar-refractivity contribution in [2.45, 2.75) is 6.54 Å². The van der Waals surface area contributed by atoms with Gasteiger partial charge in [-0.2, -0.15) is 0 Å². The van der Waals surface area contributed by atoms with Gasteiger partial charge in [0.15, 0.2) is 4.32 Å². The Kier molecular flexibility index (Phi) is 5.72. The first-order valence-electron chi connectivity index (χ1n) is 10.3. The van der Waals surface area contributed by atoms with Crippen molar-refractivity contribution in [3.63, 3.8) is 0 Å². The average Bonchev–Trinajstić information content (AvgIpc) is 3.32. The van der Waals surface area contributed by atoms with Gasteiger partial charge in [0, 0.05) is 40.4 Å². The zero-order valence-corrected chi connectivity index (χ0v) is 19.2. The molecule has 0 atom stereocenters. The van der Waals surface area contributed by atoms with Gasteiger partial charge in [0.1, 0.15) is 5.82 Å². The van der Waals surface area contributed by atoms with E-state index < -0.39 is 4.92 Å². The maximum absolute atomic E-state index is 14.2. The van der Waals surface area contributed by atoms with Gasteiger partial charge in [-0.05, 0) is 30.3 Å². The van der Waals surface area contributed by atoms with Gasteiger partial charge in [-0.1, -0.05) is 60.4 Å². The molecule has 1 aromatic heterocycles. The highest BCUT2D eigenvalue weighted by Gasteiger charge is 2.33. The number of amides is 1. The van der Waals surface area contributed by atoms with Crippen LogP contribution >= 0.6 is 24.0 Å². The highest BCUT2D eigenvalue weighted by molar-refractivity contribution is 8.27. The summed E-state index contributed by atoms with van der Waals surface area (Å²) in [6.07, 6.45) is 3.68. The van der Waals surface area contributed by atoms with Crippen molar-refractivity contribution in [2.75, 3.05) is 4.90 Å². The third kappa shape index (κ3) is 4.00. The number of fused-ring (bicyclic) bond motifs is 1. The summed E-state index contributed by atoms with van der Waals surface area (Å²) in [6.45, 7) is 0.352. The highest BCUT2D eigenvalue weighted by Crippen LogP contribution is 2.37. The number of thiocarbonyl (C=S) groups is 1. The van der Waals surface area contributed by atoms with Crippen LogP contribution in [0, 0.1) is 15.9 Å². The van der Waals surface area contributed by atoms with Gasteiger partial charge < -0.3 is 4.57 Å². The topological polar surface area (TPSA) is 68.4 Å². The Hall–Kier alpha value is -3.82. The van der Waals surface area contributed by atoms with E-state index >= 15 is 0 Å². The Morgan fingerprint density at radius 1 is 1.03 bits per heavy atom. The molecule has 1 fully saturated rings. The number of halogens is 1. The molecule has 168 valence electrons. The van der Waals surface area contributed by atoms with Crippen molar-refractivity contribution < 1.29 is 14.1 Å². The van der Waals surface area contributed by atoms with Gasteiger partial charge in [0.25, 0.3) is 11.6 Å². The second kappa shape index (κ2) is 8.85. The fourth-order valence-corrected chi connectivity index (χ4v) is 5.18. The molecule has 0 spiro atoms. The lowest BCUT2D eigenvalue weighted by Gasteiger charge is -2.13. The summed E-state index contributed by atoms with van der Waals surface area (Å²) in [7, 11) is 0. The number of hydrogen-bond acceptors (Lipinski definition) is 5. The first-order chi connectivity index (χ1) is 16.4. The van der Waals surface area contributed by atoms with Gasteiger partial charge in [-0.25, -0.2) is 4.39 Å². The lowest BCUT2D eigenvalue weighted by molar-refractivity contribution is -0.384. The van der Waals surface area contributed by atoms with Gasteiger partial charge in [-0.15, -0.1) is 0 Å². The largest absolute Gasteiger partial charge is 0.342 e. The number of hydrogen-bond donors (Lipinski definition) is 0. The minimum Gasteiger partial charge on any atom is -0.342 e. The monoisotopic (exact) mass is 489 g/mol. The molecule has 0 unspecified atom stereocenters. The number of non-ortho nitro benzene ring substituents is 1. The second-order valence-electron chi connectivity index (χ2n) is 7.61. The Morgan fingerprint density at radius 3 is 2.47 bits per heavy atom. The Balaban J connectivity index is 1.50. The summed E-state index contributed by atoms with van der Waals surface area (Å²) < 4.78 is 16.5. The number of benzene rings is 3. The van der Waals surface area contributed by atoms with Crippen LogP contribution < -0.4 is 4.90 Å². The van der Waals surface area contributed by atoms with Crippen LogP contribution in [0.1, 0.15) is 11.1 Å². The predicted molar refractivity (Wildman–Crippen MR) is 136 cm³/mol. The summed E-state index contributed by atoms with van der Waals surface area (Å²) in [6, 6.07) is 20.1. The molecule has 0 radical (unpaired) electrons. The number of para-hydroxylation sites is 1. The molecule has 6 nitrogen and oxygen atoms in total. The molecule has 5 rings (SSSR count). The van der Waals surface area contributed by atoms with E-state index in [1.165, 1.54) is 47.0 Å². The average molecular weight is 490 g/mol. The number of nitrogens with zero attached hydrogens (tertiary/aromatic N) is 3. The van der Waals surface area contributed by atoms with E-state index in [1.54, 1.807) is 24.3 Å². The molecule has 3 aromatic carbocycles. The lowest BCUT2D eigenvalue weighted by Crippen LogP contribution is -2.27. The van der Waals surface area contributed by atoms with Gasteiger partial charge in [-0.3, -0.25) is 19.8 Å². The van der Waals surface area contributed by atoms with E-state index in [0.29, 0.717) is 27.0 Å². The molecule has 0 bridgehead atoms.